The first-order valence-electron chi connectivity index (χ1n) is 7.03. The average Bonchev–Trinajstić information content (AvgIpc) is 3.05. The summed E-state index contributed by atoms with van der Waals surface area (Å²) in [5, 5.41) is 2.89. The standard InChI is InChI=1S/C16H13N3O2S/c20-14-7-8-16(15(21)18-11-4-3-9-17-10-11)19(14)12-5-1-2-6-13(12)22-16/h1-6,9-10H,7-8H2,(H,18,21)/t16-/m1/s1. The minimum Gasteiger partial charge on any atom is -0.322 e. The third kappa shape index (κ3) is 1.84. The van der Waals surface area contributed by atoms with E-state index in [4.69, 9.17) is 0 Å². The van der Waals surface area contributed by atoms with Crippen LogP contribution in [0.15, 0.2) is 53.7 Å². The summed E-state index contributed by atoms with van der Waals surface area (Å²) in [6, 6.07) is 11.2. The number of hydrogen-bond acceptors (Lipinski definition) is 4. The van der Waals surface area contributed by atoms with E-state index >= 15 is 0 Å². The van der Waals surface area contributed by atoms with Gasteiger partial charge in [-0.3, -0.25) is 19.5 Å². The van der Waals surface area contributed by atoms with E-state index in [9.17, 15) is 9.59 Å². The number of carbonyl (C=O) groups is 2. The molecule has 2 amide bonds. The first kappa shape index (κ1) is 13.3. The number of pyridine rings is 1. The zero-order valence-electron chi connectivity index (χ0n) is 11.7. The first-order valence-corrected chi connectivity index (χ1v) is 7.85. The molecule has 0 bridgehead atoms. The largest absolute Gasteiger partial charge is 0.322 e. The molecule has 110 valence electrons. The second-order valence-corrected chi connectivity index (χ2v) is 6.60. The zero-order valence-corrected chi connectivity index (χ0v) is 12.5. The van der Waals surface area contributed by atoms with Crippen LogP contribution in [0.3, 0.4) is 0 Å². The molecule has 4 rings (SSSR count). The lowest BCUT2D eigenvalue weighted by Gasteiger charge is -2.29. The highest BCUT2D eigenvalue weighted by molar-refractivity contribution is 8.02. The molecule has 0 saturated carbocycles. The van der Waals surface area contributed by atoms with Crippen LogP contribution in [0.4, 0.5) is 11.4 Å². The van der Waals surface area contributed by atoms with Crippen molar-refractivity contribution in [2.75, 3.05) is 10.2 Å². The minimum absolute atomic E-state index is 0.00112. The van der Waals surface area contributed by atoms with E-state index in [1.807, 2.05) is 24.3 Å². The van der Waals surface area contributed by atoms with Crippen LogP contribution in [0, 0.1) is 0 Å². The van der Waals surface area contributed by atoms with Gasteiger partial charge in [-0.1, -0.05) is 23.9 Å². The fourth-order valence-electron chi connectivity index (χ4n) is 2.96. The van der Waals surface area contributed by atoms with Gasteiger partial charge < -0.3 is 5.32 Å². The van der Waals surface area contributed by atoms with Crippen molar-refractivity contribution in [2.24, 2.45) is 0 Å². The molecule has 0 radical (unpaired) electrons. The van der Waals surface area contributed by atoms with Crippen molar-refractivity contribution in [3.05, 3.63) is 48.8 Å². The Kier molecular flexibility index (Phi) is 2.94. The fraction of sp³-hybridized carbons (Fsp3) is 0.188. The summed E-state index contributed by atoms with van der Waals surface area (Å²) < 4.78 is 0. The Morgan fingerprint density at radius 1 is 1.27 bits per heavy atom. The molecule has 3 heterocycles. The molecular formula is C16H13N3O2S. The van der Waals surface area contributed by atoms with Crippen LogP contribution in [0.5, 0.6) is 0 Å². The molecule has 1 N–H and O–H groups in total. The molecule has 0 spiro atoms. The normalized spacial score (nSPS) is 22.4. The molecule has 1 saturated heterocycles. The predicted molar refractivity (Wildman–Crippen MR) is 84.6 cm³/mol. The van der Waals surface area contributed by atoms with Crippen molar-refractivity contribution in [3.8, 4) is 0 Å². The number of aromatic nitrogens is 1. The van der Waals surface area contributed by atoms with Gasteiger partial charge in [-0.2, -0.15) is 0 Å². The highest BCUT2D eigenvalue weighted by Crippen LogP contribution is 2.55. The average molecular weight is 311 g/mol. The Hall–Kier alpha value is -2.34. The molecule has 1 aromatic carbocycles. The number of anilines is 2. The summed E-state index contributed by atoms with van der Waals surface area (Å²) in [6.07, 6.45) is 4.15. The summed E-state index contributed by atoms with van der Waals surface area (Å²) in [6.45, 7) is 0. The van der Waals surface area contributed by atoms with E-state index in [0.717, 1.165) is 10.6 Å². The van der Waals surface area contributed by atoms with E-state index in [1.165, 1.54) is 11.8 Å². The van der Waals surface area contributed by atoms with Gasteiger partial charge in [0, 0.05) is 17.5 Å². The summed E-state index contributed by atoms with van der Waals surface area (Å²) in [5.41, 5.74) is 1.47. The van der Waals surface area contributed by atoms with Crippen LogP contribution in [0.2, 0.25) is 0 Å². The predicted octanol–water partition coefficient (Wildman–Crippen LogP) is 2.65. The lowest BCUT2D eigenvalue weighted by molar-refractivity contribution is -0.121. The Bertz CT molecular complexity index is 765. The maximum absolute atomic E-state index is 12.9. The Morgan fingerprint density at radius 3 is 2.95 bits per heavy atom. The second-order valence-electron chi connectivity index (χ2n) is 5.28. The van der Waals surface area contributed by atoms with Crippen molar-refractivity contribution >= 4 is 35.0 Å². The first-order chi connectivity index (χ1) is 10.7. The number of thioether (sulfide) groups is 1. The van der Waals surface area contributed by atoms with Crippen LogP contribution in [0.1, 0.15) is 12.8 Å². The quantitative estimate of drug-likeness (QED) is 0.926. The Labute approximate surface area is 131 Å². The van der Waals surface area contributed by atoms with Gasteiger partial charge in [-0.25, -0.2) is 0 Å². The fourth-order valence-corrected chi connectivity index (χ4v) is 4.38. The smallest absolute Gasteiger partial charge is 0.261 e. The van der Waals surface area contributed by atoms with Gasteiger partial charge in [0.05, 0.1) is 17.6 Å². The monoisotopic (exact) mass is 311 g/mol. The number of nitrogens with one attached hydrogen (secondary N) is 1. The van der Waals surface area contributed by atoms with E-state index in [1.54, 1.807) is 29.4 Å². The van der Waals surface area contributed by atoms with Crippen LogP contribution >= 0.6 is 11.8 Å². The molecule has 2 aromatic rings. The van der Waals surface area contributed by atoms with Gasteiger partial charge in [-0.05, 0) is 30.7 Å². The van der Waals surface area contributed by atoms with Crippen molar-refractivity contribution in [2.45, 2.75) is 22.6 Å². The third-order valence-corrected chi connectivity index (χ3v) is 5.42. The summed E-state index contributed by atoms with van der Waals surface area (Å²) in [4.78, 5) is 30.9. The van der Waals surface area contributed by atoms with Crippen molar-refractivity contribution in [1.82, 2.24) is 4.98 Å². The molecule has 5 nitrogen and oxygen atoms in total. The Balaban J connectivity index is 1.71. The summed E-state index contributed by atoms with van der Waals surface area (Å²) in [7, 11) is 0. The molecule has 0 aliphatic carbocycles. The lowest BCUT2D eigenvalue weighted by atomic mass is 10.1. The topological polar surface area (TPSA) is 62.3 Å². The number of para-hydroxylation sites is 1. The van der Waals surface area contributed by atoms with Gasteiger partial charge in [0.25, 0.3) is 5.91 Å². The maximum Gasteiger partial charge on any atom is 0.261 e. The van der Waals surface area contributed by atoms with Crippen LogP contribution in [-0.4, -0.2) is 21.7 Å². The third-order valence-electron chi connectivity index (χ3n) is 3.95. The SMILES string of the molecule is O=C1CC[C@]2(C(=O)Nc3cccnc3)Sc3ccccc3N12. The number of amides is 2. The molecular weight excluding hydrogens is 298 g/mol. The van der Waals surface area contributed by atoms with Crippen molar-refractivity contribution in [1.29, 1.82) is 0 Å². The zero-order chi connectivity index (χ0) is 15.2. The van der Waals surface area contributed by atoms with Gasteiger partial charge >= 0.3 is 0 Å². The van der Waals surface area contributed by atoms with E-state index in [-0.39, 0.29) is 11.8 Å². The van der Waals surface area contributed by atoms with Crippen LogP contribution in [-0.2, 0) is 9.59 Å². The maximum atomic E-state index is 12.9. The summed E-state index contributed by atoms with van der Waals surface area (Å²) in [5.74, 6) is -0.175. The van der Waals surface area contributed by atoms with Gasteiger partial charge in [0.2, 0.25) is 5.91 Å². The number of benzene rings is 1. The van der Waals surface area contributed by atoms with E-state index < -0.39 is 4.87 Å². The number of carbonyl (C=O) groups excluding carboxylic acids is 2. The highest BCUT2D eigenvalue weighted by Gasteiger charge is 2.57. The lowest BCUT2D eigenvalue weighted by Crippen LogP contribution is -2.49. The van der Waals surface area contributed by atoms with E-state index in [2.05, 4.69) is 10.3 Å². The van der Waals surface area contributed by atoms with Crippen LogP contribution in [0.25, 0.3) is 0 Å². The van der Waals surface area contributed by atoms with E-state index in [0.29, 0.717) is 18.5 Å². The molecule has 2 aliphatic rings. The van der Waals surface area contributed by atoms with Crippen LogP contribution < -0.4 is 10.2 Å². The minimum atomic E-state index is -0.878. The van der Waals surface area contributed by atoms with Crippen molar-refractivity contribution in [3.63, 3.8) is 0 Å². The molecule has 1 aromatic heterocycles. The second kappa shape index (κ2) is 4.84. The van der Waals surface area contributed by atoms with Gasteiger partial charge in [0.1, 0.15) is 0 Å². The van der Waals surface area contributed by atoms with Gasteiger partial charge in [-0.15, -0.1) is 0 Å². The molecule has 1 atom stereocenters. The number of hydrogen-bond donors (Lipinski definition) is 1. The Morgan fingerprint density at radius 2 is 2.14 bits per heavy atom. The van der Waals surface area contributed by atoms with Crippen molar-refractivity contribution < 1.29 is 9.59 Å². The number of rotatable bonds is 2. The molecule has 0 unspecified atom stereocenters. The molecule has 1 fully saturated rings. The number of nitrogens with zero attached hydrogens (tertiary/aromatic N) is 2. The molecule has 6 heteroatoms. The van der Waals surface area contributed by atoms with Gasteiger partial charge in [0.15, 0.2) is 4.87 Å². The molecule has 22 heavy (non-hydrogen) atoms. The summed E-state index contributed by atoms with van der Waals surface area (Å²) >= 11 is 1.46. The highest BCUT2D eigenvalue weighted by atomic mass is 32.2. The number of fused-ring (bicyclic) bond motifs is 3. The molecule has 2 aliphatic heterocycles.